The van der Waals surface area contributed by atoms with E-state index in [1.165, 1.54) is 0 Å². The van der Waals surface area contributed by atoms with Crippen molar-refractivity contribution in [2.75, 3.05) is 25.9 Å². The zero-order valence-electron chi connectivity index (χ0n) is 11.8. The van der Waals surface area contributed by atoms with Crippen LogP contribution in [0, 0.1) is 6.92 Å². The normalized spacial score (nSPS) is 18.1. The summed E-state index contributed by atoms with van der Waals surface area (Å²) < 4.78 is 11.8. The first-order valence-corrected chi connectivity index (χ1v) is 8.75. The van der Waals surface area contributed by atoms with E-state index in [-0.39, 0.29) is 18.7 Å². The highest BCUT2D eigenvalue weighted by atomic mass is 32.2. The highest BCUT2D eigenvalue weighted by Gasteiger charge is 2.29. The zero-order valence-corrected chi connectivity index (χ0v) is 13.5. The minimum Gasteiger partial charge on any atom is -0.352 e. The van der Waals surface area contributed by atoms with Gasteiger partial charge >= 0.3 is 0 Å². The van der Waals surface area contributed by atoms with Crippen molar-refractivity contribution in [1.82, 2.24) is 0 Å². The number of hydrogen-bond acceptors (Lipinski definition) is 5. The van der Waals surface area contributed by atoms with Crippen molar-refractivity contribution in [1.29, 1.82) is 0 Å². The largest absolute Gasteiger partial charge is 0.352 e. The van der Waals surface area contributed by atoms with Gasteiger partial charge in [-0.25, -0.2) is 0 Å². The molecule has 3 nitrogen and oxygen atoms in total. The van der Waals surface area contributed by atoms with Gasteiger partial charge in [0.1, 0.15) is 12.9 Å². The lowest BCUT2D eigenvalue weighted by Gasteiger charge is -2.16. The van der Waals surface area contributed by atoms with Crippen LogP contribution in [-0.2, 0) is 9.47 Å². The maximum absolute atomic E-state index is 12.8. The minimum absolute atomic E-state index is 0.0270. The number of ketones is 1. The van der Waals surface area contributed by atoms with Gasteiger partial charge < -0.3 is 9.47 Å². The number of ether oxygens (including phenoxy) is 2. The van der Waals surface area contributed by atoms with E-state index in [9.17, 15) is 4.79 Å². The lowest BCUT2D eigenvalue weighted by atomic mass is 10.00. The third-order valence-corrected chi connectivity index (χ3v) is 5.27. The van der Waals surface area contributed by atoms with Crippen LogP contribution in [0.3, 0.4) is 0 Å². The number of benzene rings is 1. The SMILES string of the molecule is CSC(SC)=C(C(=O)c1ccc(C)cc1)C1COCO1. The molecule has 0 aliphatic carbocycles. The molecule has 1 heterocycles. The molecule has 5 heteroatoms. The molecule has 0 radical (unpaired) electrons. The Morgan fingerprint density at radius 3 is 2.35 bits per heavy atom. The van der Waals surface area contributed by atoms with Gasteiger partial charge in [0, 0.05) is 9.80 Å². The summed E-state index contributed by atoms with van der Waals surface area (Å²) in [5.74, 6) is 0.0270. The van der Waals surface area contributed by atoms with Crippen molar-refractivity contribution in [3.63, 3.8) is 0 Å². The fourth-order valence-corrected chi connectivity index (χ4v) is 3.59. The second-order valence-electron chi connectivity index (χ2n) is 4.45. The third kappa shape index (κ3) is 3.47. The Bertz CT molecular complexity index is 496. The number of carbonyl (C=O) groups excluding carboxylic acids is 1. The fraction of sp³-hybridized carbons (Fsp3) is 0.400. The fourth-order valence-electron chi connectivity index (χ4n) is 2.03. The molecule has 0 spiro atoms. The summed E-state index contributed by atoms with van der Waals surface area (Å²) >= 11 is 3.15. The molecule has 0 N–H and O–H groups in total. The van der Waals surface area contributed by atoms with Crippen LogP contribution in [0.1, 0.15) is 15.9 Å². The molecule has 2 rings (SSSR count). The molecule has 1 aliphatic rings. The maximum atomic E-state index is 12.8. The van der Waals surface area contributed by atoms with Crippen LogP contribution in [0.15, 0.2) is 34.1 Å². The quantitative estimate of drug-likeness (QED) is 0.614. The van der Waals surface area contributed by atoms with Crippen LogP contribution in [-0.4, -0.2) is 37.8 Å². The van der Waals surface area contributed by atoms with Gasteiger partial charge in [-0.1, -0.05) is 29.8 Å². The average Bonchev–Trinajstić information content (AvgIpc) is 2.98. The first kappa shape index (κ1) is 15.6. The lowest BCUT2D eigenvalue weighted by molar-refractivity contribution is 0.0538. The lowest BCUT2D eigenvalue weighted by Crippen LogP contribution is -2.21. The van der Waals surface area contributed by atoms with Gasteiger partial charge in [0.05, 0.1) is 12.2 Å². The van der Waals surface area contributed by atoms with Crippen LogP contribution in [0.2, 0.25) is 0 Å². The summed E-state index contributed by atoms with van der Waals surface area (Å²) in [4.78, 5) is 12.8. The monoisotopic (exact) mass is 310 g/mol. The summed E-state index contributed by atoms with van der Waals surface area (Å²) in [6.45, 7) is 2.71. The van der Waals surface area contributed by atoms with Gasteiger partial charge in [0.25, 0.3) is 0 Å². The Morgan fingerprint density at radius 1 is 1.20 bits per heavy atom. The van der Waals surface area contributed by atoms with Crippen LogP contribution >= 0.6 is 23.5 Å². The minimum atomic E-state index is -0.265. The van der Waals surface area contributed by atoms with Crippen molar-refractivity contribution in [2.45, 2.75) is 13.0 Å². The number of hydrogen-bond donors (Lipinski definition) is 0. The summed E-state index contributed by atoms with van der Waals surface area (Å²) in [7, 11) is 0. The molecule has 108 valence electrons. The average molecular weight is 310 g/mol. The van der Waals surface area contributed by atoms with Crippen LogP contribution < -0.4 is 0 Å². The smallest absolute Gasteiger partial charge is 0.193 e. The number of carbonyl (C=O) groups is 1. The standard InChI is InChI=1S/C15H18O3S2/c1-10-4-6-11(7-5-10)14(16)13(15(19-2)20-3)12-8-17-9-18-12/h4-7,12H,8-9H2,1-3H3. The molecule has 20 heavy (non-hydrogen) atoms. The van der Waals surface area contributed by atoms with Crippen LogP contribution in [0.5, 0.6) is 0 Å². The zero-order chi connectivity index (χ0) is 14.5. The molecular formula is C15H18O3S2. The van der Waals surface area contributed by atoms with Crippen molar-refractivity contribution in [2.24, 2.45) is 0 Å². The Hall–Kier alpha value is -0.750. The number of aryl methyl sites for hydroxylation is 1. The van der Waals surface area contributed by atoms with Crippen molar-refractivity contribution in [3.05, 3.63) is 45.2 Å². The number of rotatable bonds is 5. The second kappa shape index (κ2) is 7.31. The van der Waals surface area contributed by atoms with E-state index >= 15 is 0 Å². The molecule has 1 saturated heterocycles. The second-order valence-corrected chi connectivity index (χ2v) is 6.34. The molecule has 1 unspecified atom stereocenters. The van der Waals surface area contributed by atoms with Gasteiger partial charge in [-0.3, -0.25) is 4.79 Å². The predicted octanol–water partition coefficient (Wildman–Crippen LogP) is 3.49. The predicted molar refractivity (Wildman–Crippen MR) is 85.3 cm³/mol. The highest BCUT2D eigenvalue weighted by molar-refractivity contribution is 8.21. The molecule has 0 aromatic heterocycles. The van der Waals surface area contributed by atoms with E-state index in [1.807, 2.05) is 43.7 Å². The van der Waals surface area contributed by atoms with E-state index in [0.29, 0.717) is 17.7 Å². The molecule has 0 amide bonds. The molecule has 1 aromatic rings. The Balaban J connectivity index is 2.37. The molecule has 1 aromatic carbocycles. The molecule has 0 bridgehead atoms. The van der Waals surface area contributed by atoms with Crippen LogP contribution in [0.4, 0.5) is 0 Å². The van der Waals surface area contributed by atoms with Crippen molar-refractivity contribution in [3.8, 4) is 0 Å². The van der Waals surface area contributed by atoms with Crippen LogP contribution in [0.25, 0.3) is 0 Å². The summed E-state index contributed by atoms with van der Waals surface area (Å²) in [5, 5.41) is 0. The van der Waals surface area contributed by atoms with Gasteiger partial charge in [0.15, 0.2) is 5.78 Å². The van der Waals surface area contributed by atoms with E-state index in [4.69, 9.17) is 9.47 Å². The Morgan fingerprint density at radius 2 is 1.85 bits per heavy atom. The van der Waals surface area contributed by atoms with Crippen molar-refractivity contribution < 1.29 is 14.3 Å². The Labute approximate surface area is 128 Å². The number of thioether (sulfide) groups is 2. The molecule has 1 fully saturated rings. The summed E-state index contributed by atoms with van der Waals surface area (Å²) in [6, 6.07) is 7.64. The first-order valence-electron chi connectivity index (χ1n) is 6.30. The topological polar surface area (TPSA) is 35.5 Å². The number of Topliss-reactive ketones (excluding diaryl/α,β-unsaturated/α-hetero) is 1. The maximum Gasteiger partial charge on any atom is 0.193 e. The van der Waals surface area contributed by atoms with E-state index < -0.39 is 0 Å². The van der Waals surface area contributed by atoms with E-state index in [1.54, 1.807) is 23.5 Å². The van der Waals surface area contributed by atoms with Crippen molar-refractivity contribution >= 4 is 29.3 Å². The van der Waals surface area contributed by atoms with Gasteiger partial charge in [0.2, 0.25) is 0 Å². The van der Waals surface area contributed by atoms with E-state index in [0.717, 1.165) is 9.80 Å². The Kier molecular flexibility index (Phi) is 5.72. The molecular weight excluding hydrogens is 292 g/mol. The summed E-state index contributed by atoms with van der Waals surface area (Å²) in [6.07, 6.45) is 3.69. The van der Waals surface area contributed by atoms with Gasteiger partial charge in [-0.05, 0) is 19.4 Å². The summed E-state index contributed by atoms with van der Waals surface area (Å²) in [5.41, 5.74) is 2.55. The molecule has 0 saturated carbocycles. The molecule has 1 aliphatic heterocycles. The highest BCUT2D eigenvalue weighted by Crippen LogP contribution is 2.33. The van der Waals surface area contributed by atoms with E-state index in [2.05, 4.69) is 0 Å². The third-order valence-electron chi connectivity index (χ3n) is 3.09. The van der Waals surface area contributed by atoms with Gasteiger partial charge in [-0.2, -0.15) is 0 Å². The van der Waals surface area contributed by atoms with Gasteiger partial charge in [-0.15, -0.1) is 23.5 Å². The first-order chi connectivity index (χ1) is 9.67. The molecule has 1 atom stereocenters.